The number of nitrogens with one attached hydrogen (secondary N) is 1. The zero-order valence-electron chi connectivity index (χ0n) is 5.01. The van der Waals surface area contributed by atoms with Crippen LogP contribution < -0.4 is 11.2 Å². The molecule has 0 radical (unpaired) electrons. The number of amides is 2. The Morgan fingerprint density at radius 2 is 2.10 bits per heavy atom. The van der Waals surface area contributed by atoms with E-state index in [1.165, 1.54) is 0 Å². The van der Waals surface area contributed by atoms with Crippen molar-refractivity contribution < 1.29 is 14.4 Å². The van der Waals surface area contributed by atoms with Crippen LogP contribution in [0.1, 0.15) is 13.3 Å². The molecule has 0 heterocycles. The summed E-state index contributed by atoms with van der Waals surface area (Å²) in [7, 11) is 0. The molecule has 3 N–H and O–H groups in total. The van der Waals surface area contributed by atoms with Gasteiger partial charge in [0.05, 0.1) is 0 Å². The van der Waals surface area contributed by atoms with Crippen molar-refractivity contribution in [2.75, 3.05) is 0 Å². The van der Waals surface area contributed by atoms with Gasteiger partial charge in [0.1, 0.15) is 0 Å². The van der Waals surface area contributed by atoms with Gasteiger partial charge < -0.3 is 10.6 Å². The van der Waals surface area contributed by atoms with Crippen LogP contribution >= 0.6 is 0 Å². The van der Waals surface area contributed by atoms with Gasteiger partial charge in [0.2, 0.25) is 0 Å². The van der Waals surface area contributed by atoms with Gasteiger partial charge in [-0.2, -0.15) is 5.48 Å². The van der Waals surface area contributed by atoms with Crippen LogP contribution in [0.2, 0.25) is 0 Å². The summed E-state index contributed by atoms with van der Waals surface area (Å²) < 4.78 is 0. The number of hydrogen-bond acceptors (Lipinski definition) is 3. The van der Waals surface area contributed by atoms with E-state index in [4.69, 9.17) is 0 Å². The van der Waals surface area contributed by atoms with E-state index in [-0.39, 0.29) is 36.0 Å². The number of hydroxylamine groups is 1. The molecule has 5 nitrogen and oxygen atoms in total. The summed E-state index contributed by atoms with van der Waals surface area (Å²) in [6.07, 6.45) is 0.209. The molecule has 0 bridgehead atoms. The van der Waals surface area contributed by atoms with Gasteiger partial charge >= 0.3 is 41.6 Å². The first-order valence-electron chi connectivity index (χ1n) is 2.42. The summed E-state index contributed by atoms with van der Waals surface area (Å²) in [6, 6.07) is -0.878. The van der Waals surface area contributed by atoms with Crippen molar-refractivity contribution in [3.8, 4) is 0 Å². The van der Waals surface area contributed by atoms with E-state index in [9.17, 15) is 9.59 Å². The van der Waals surface area contributed by atoms with Crippen molar-refractivity contribution >= 4 is 41.6 Å². The molecule has 0 atom stereocenters. The Hall–Kier alpha value is -0.260. The summed E-state index contributed by atoms with van der Waals surface area (Å²) in [6.45, 7) is 1.60. The van der Waals surface area contributed by atoms with Crippen LogP contribution in [0.5, 0.6) is 0 Å². The Labute approximate surface area is 80.5 Å². The molecular weight excluding hydrogens is 147 g/mol. The Morgan fingerprint density at radius 1 is 1.60 bits per heavy atom. The van der Waals surface area contributed by atoms with E-state index in [0.29, 0.717) is 0 Å². The molecule has 0 unspecified atom stereocenters. The molecule has 0 aliphatic rings. The van der Waals surface area contributed by atoms with Gasteiger partial charge in [0.15, 0.2) is 0 Å². The van der Waals surface area contributed by atoms with Gasteiger partial charge in [0, 0.05) is 6.42 Å². The number of carbonyl (C=O) groups excluding carboxylic acids is 2. The molecule has 0 spiro atoms. The summed E-state index contributed by atoms with van der Waals surface area (Å²) in [4.78, 5) is 24.2. The van der Waals surface area contributed by atoms with E-state index in [2.05, 4.69) is 10.6 Å². The third-order valence-corrected chi connectivity index (χ3v) is 0.554. The SMILES string of the molecule is CCC(=O)ONC(N)=O.[NaH]. The third-order valence-electron chi connectivity index (χ3n) is 0.554. The molecule has 0 saturated heterocycles. The fourth-order valence-corrected chi connectivity index (χ4v) is 0.179. The molecule has 2 amide bonds. The monoisotopic (exact) mass is 156 g/mol. The zero-order valence-corrected chi connectivity index (χ0v) is 5.01. The van der Waals surface area contributed by atoms with Gasteiger partial charge in [0.25, 0.3) is 0 Å². The predicted octanol–water partition coefficient (Wildman–Crippen LogP) is -1.13. The fourth-order valence-electron chi connectivity index (χ4n) is 0.179. The second kappa shape index (κ2) is 6.85. The molecule has 0 rings (SSSR count). The normalized spacial score (nSPS) is 7.30. The summed E-state index contributed by atoms with van der Waals surface area (Å²) >= 11 is 0. The Balaban J connectivity index is 0. The summed E-state index contributed by atoms with van der Waals surface area (Å²) in [5.41, 5.74) is 6.25. The zero-order chi connectivity index (χ0) is 7.28. The Kier molecular flexibility index (Phi) is 8.51. The maximum atomic E-state index is 10.2. The second-order valence-corrected chi connectivity index (χ2v) is 1.29. The first-order chi connectivity index (χ1) is 4.16. The fraction of sp³-hybridized carbons (Fsp3) is 0.500. The molecular formula is C4H9N2NaO3. The first-order valence-corrected chi connectivity index (χ1v) is 2.42. The standard InChI is InChI=1S/C4H8N2O3.Na.H/c1-2-3(7)9-6-4(5)8;;/h2H2,1H3,(H3,5,6,8);;. The molecule has 0 aromatic carbocycles. The summed E-state index contributed by atoms with van der Waals surface area (Å²) in [5.74, 6) is -0.520. The minimum absolute atomic E-state index is 0. The van der Waals surface area contributed by atoms with Crippen molar-refractivity contribution in [2.45, 2.75) is 13.3 Å². The van der Waals surface area contributed by atoms with Crippen molar-refractivity contribution in [3.05, 3.63) is 0 Å². The number of urea groups is 1. The second-order valence-electron chi connectivity index (χ2n) is 1.29. The Bertz CT molecular complexity index is 128. The minimum atomic E-state index is -0.878. The quantitative estimate of drug-likeness (QED) is 0.372. The van der Waals surface area contributed by atoms with Gasteiger partial charge in [-0.15, -0.1) is 0 Å². The van der Waals surface area contributed by atoms with E-state index >= 15 is 0 Å². The van der Waals surface area contributed by atoms with Crippen LogP contribution in [-0.4, -0.2) is 41.6 Å². The van der Waals surface area contributed by atoms with E-state index in [1.54, 1.807) is 12.4 Å². The Morgan fingerprint density at radius 3 is 2.40 bits per heavy atom. The number of rotatable bonds is 1. The molecule has 0 saturated carbocycles. The number of primary amides is 1. The molecule has 10 heavy (non-hydrogen) atoms. The van der Waals surface area contributed by atoms with Gasteiger partial charge in [-0.1, -0.05) is 6.92 Å². The van der Waals surface area contributed by atoms with Crippen LogP contribution in [0.25, 0.3) is 0 Å². The maximum absolute atomic E-state index is 10.2. The van der Waals surface area contributed by atoms with Crippen LogP contribution in [0, 0.1) is 0 Å². The van der Waals surface area contributed by atoms with Crippen LogP contribution in [0.4, 0.5) is 4.79 Å². The molecule has 6 heteroatoms. The van der Waals surface area contributed by atoms with E-state index in [1.807, 2.05) is 0 Å². The van der Waals surface area contributed by atoms with Crippen molar-refractivity contribution in [2.24, 2.45) is 5.73 Å². The number of hydrogen-bond donors (Lipinski definition) is 2. The van der Waals surface area contributed by atoms with Crippen molar-refractivity contribution in [1.82, 2.24) is 5.48 Å². The van der Waals surface area contributed by atoms with E-state index < -0.39 is 12.0 Å². The van der Waals surface area contributed by atoms with Gasteiger partial charge in [-0.25, -0.2) is 9.59 Å². The number of carbonyl (C=O) groups is 2. The van der Waals surface area contributed by atoms with Gasteiger partial charge in [-0.05, 0) is 0 Å². The molecule has 0 aliphatic heterocycles. The topological polar surface area (TPSA) is 81.4 Å². The number of nitrogens with two attached hydrogens (primary N) is 1. The average Bonchev–Trinajstić information content (AvgIpc) is 1.83. The van der Waals surface area contributed by atoms with Crippen LogP contribution in [0.15, 0.2) is 0 Å². The van der Waals surface area contributed by atoms with Crippen molar-refractivity contribution in [1.29, 1.82) is 0 Å². The van der Waals surface area contributed by atoms with Crippen molar-refractivity contribution in [3.63, 3.8) is 0 Å². The molecule has 0 aromatic heterocycles. The summed E-state index contributed by atoms with van der Waals surface area (Å²) in [5, 5.41) is 0. The van der Waals surface area contributed by atoms with Crippen LogP contribution in [0.3, 0.4) is 0 Å². The predicted molar refractivity (Wildman–Crippen MR) is 36.3 cm³/mol. The molecule has 0 aromatic rings. The first kappa shape index (κ1) is 12.4. The third kappa shape index (κ3) is 7.74. The molecule has 54 valence electrons. The van der Waals surface area contributed by atoms with Crippen LogP contribution in [-0.2, 0) is 9.63 Å². The molecule has 0 aliphatic carbocycles. The van der Waals surface area contributed by atoms with E-state index in [0.717, 1.165) is 0 Å². The van der Waals surface area contributed by atoms with Gasteiger partial charge in [-0.3, -0.25) is 0 Å². The average molecular weight is 156 g/mol. The molecule has 0 fully saturated rings.